The Labute approximate surface area is 157 Å². The summed E-state index contributed by atoms with van der Waals surface area (Å²) in [7, 11) is 0. The first-order valence-corrected chi connectivity index (χ1v) is 9.28. The smallest absolute Gasteiger partial charge is 0.251 e. The highest BCUT2D eigenvalue weighted by molar-refractivity contribution is 9.10. The van der Waals surface area contributed by atoms with Gasteiger partial charge in [0, 0.05) is 20.5 Å². The van der Waals surface area contributed by atoms with Crippen molar-refractivity contribution in [1.29, 1.82) is 0 Å². The van der Waals surface area contributed by atoms with Gasteiger partial charge in [-0.05, 0) is 31.2 Å². The van der Waals surface area contributed by atoms with E-state index in [0.717, 1.165) is 25.6 Å². The molecule has 6 heteroatoms. The fourth-order valence-corrected chi connectivity index (χ4v) is 3.96. The summed E-state index contributed by atoms with van der Waals surface area (Å²) in [6, 6.07) is 14.9. The molecule has 1 heterocycles. The number of hydrogen-bond acceptors (Lipinski definition) is 3. The Kier molecular flexibility index (Phi) is 5.33. The van der Waals surface area contributed by atoms with E-state index in [1.54, 1.807) is 23.5 Å². The van der Waals surface area contributed by atoms with Gasteiger partial charge in [-0.2, -0.15) is 0 Å². The number of rotatable bonds is 4. The van der Waals surface area contributed by atoms with Gasteiger partial charge in [0.25, 0.3) is 5.91 Å². The second kappa shape index (κ2) is 7.47. The topological polar surface area (TPSA) is 42.0 Å². The van der Waals surface area contributed by atoms with Crippen molar-refractivity contribution in [2.24, 2.45) is 0 Å². The summed E-state index contributed by atoms with van der Waals surface area (Å²) in [4.78, 5) is 17.8. The molecule has 0 aliphatic carbocycles. The molecule has 3 rings (SSSR count). The molecule has 0 radical (unpaired) electrons. The summed E-state index contributed by atoms with van der Waals surface area (Å²) in [5, 5.41) is 4.48. The highest BCUT2D eigenvalue weighted by atomic mass is 79.9. The van der Waals surface area contributed by atoms with E-state index in [1.165, 1.54) is 0 Å². The quantitative estimate of drug-likeness (QED) is 0.607. The summed E-state index contributed by atoms with van der Waals surface area (Å²) in [5.74, 6) is -0.108. The van der Waals surface area contributed by atoms with Crippen LogP contribution in [0.1, 0.15) is 20.9 Å². The van der Waals surface area contributed by atoms with Crippen molar-refractivity contribution < 1.29 is 4.79 Å². The van der Waals surface area contributed by atoms with E-state index in [9.17, 15) is 4.79 Å². The predicted octanol–water partition coefficient (Wildman–Crippen LogP) is 5.46. The molecular formula is C18H14BrClN2OS. The van der Waals surface area contributed by atoms with Crippen LogP contribution in [-0.2, 0) is 6.54 Å². The standard InChI is InChI=1S/C18H14BrClN2OS/c1-11-16(10-21-17(23)12-5-4-6-13(19)9-12)24-18(22-11)14-7-2-3-8-15(14)20/h2-9H,10H2,1H3,(H,21,23). The largest absolute Gasteiger partial charge is 0.347 e. The van der Waals surface area contributed by atoms with Crippen molar-refractivity contribution in [2.75, 3.05) is 0 Å². The van der Waals surface area contributed by atoms with Crippen molar-refractivity contribution >= 4 is 44.8 Å². The first-order chi connectivity index (χ1) is 11.5. The zero-order valence-electron chi connectivity index (χ0n) is 12.8. The summed E-state index contributed by atoms with van der Waals surface area (Å²) in [5.41, 5.74) is 2.44. The van der Waals surface area contributed by atoms with E-state index < -0.39 is 0 Å². The van der Waals surface area contributed by atoms with Crippen LogP contribution in [0.4, 0.5) is 0 Å². The van der Waals surface area contributed by atoms with Crippen LogP contribution < -0.4 is 5.32 Å². The molecule has 2 aromatic carbocycles. The molecule has 0 unspecified atom stereocenters. The van der Waals surface area contributed by atoms with Crippen molar-refractivity contribution in [3.05, 3.63) is 74.2 Å². The summed E-state index contributed by atoms with van der Waals surface area (Å²) in [6.07, 6.45) is 0. The maximum atomic E-state index is 12.2. The number of carbonyl (C=O) groups is 1. The van der Waals surface area contributed by atoms with Crippen LogP contribution in [0.15, 0.2) is 53.0 Å². The molecule has 3 nitrogen and oxygen atoms in total. The molecule has 0 saturated carbocycles. The Hall–Kier alpha value is -1.69. The number of hydrogen-bond donors (Lipinski definition) is 1. The van der Waals surface area contributed by atoms with E-state index in [2.05, 4.69) is 26.2 Å². The molecule has 0 fully saturated rings. The lowest BCUT2D eigenvalue weighted by molar-refractivity contribution is 0.0951. The van der Waals surface area contributed by atoms with Gasteiger partial charge < -0.3 is 5.32 Å². The van der Waals surface area contributed by atoms with Gasteiger partial charge in [0.1, 0.15) is 5.01 Å². The van der Waals surface area contributed by atoms with Crippen molar-refractivity contribution in [1.82, 2.24) is 10.3 Å². The van der Waals surface area contributed by atoms with Crippen molar-refractivity contribution in [3.63, 3.8) is 0 Å². The molecule has 0 spiro atoms. The number of nitrogens with one attached hydrogen (secondary N) is 1. The van der Waals surface area contributed by atoms with Crippen LogP contribution in [-0.4, -0.2) is 10.9 Å². The molecule has 0 bridgehead atoms. The van der Waals surface area contributed by atoms with Gasteiger partial charge in [-0.25, -0.2) is 4.98 Å². The third-order valence-electron chi connectivity index (χ3n) is 3.49. The van der Waals surface area contributed by atoms with E-state index in [4.69, 9.17) is 11.6 Å². The minimum absolute atomic E-state index is 0.108. The molecule has 1 amide bonds. The van der Waals surface area contributed by atoms with Crippen LogP contribution in [0.5, 0.6) is 0 Å². The number of nitrogens with zero attached hydrogens (tertiary/aromatic N) is 1. The van der Waals surface area contributed by atoms with Gasteiger partial charge in [-0.1, -0.05) is 51.8 Å². The van der Waals surface area contributed by atoms with Gasteiger partial charge in [-0.15, -0.1) is 11.3 Å². The molecule has 0 aliphatic heterocycles. The highest BCUT2D eigenvalue weighted by Crippen LogP contribution is 2.32. The molecule has 24 heavy (non-hydrogen) atoms. The zero-order valence-corrected chi connectivity index (χ0v) is 16.0. The number of aromatic nitrogens is 1. The molecule has 1 aromatic heterocycles. The van der Waals surface area contributed by atoms with Gasteiger partial charge in [-0.3, -0.25) is 4.79 Å². The lowest BCUT2D eigenvalue weighted by atomic mass is 10.2. The van der Waals surface area contributed by atoms with E-state index in [0.29, 0.717) is 17.1 Å². The monoisotopic (exact) mass is 420 g/mol. The third-order valence-corrected chi connectivity index (χ3v) is 5.51. The lowest BCUT2D eigenvalue weighted by Crippen LogP contribution is -2.22. The maximum Gasteiger partial charge on any atom is 0.251 e. The minimum Gasteiger partial charge on any atom is -0.347 e. The Morgan fingerprint density at radius 1 is 1.25 bits per heavy atom. The average molecular weight is 422 g/mol. The number of halogens is 2. The lowest BCUT2D eigenvalue weighted by Gasteiger charge is -2.04. The Morgan fingerprint density at radius 2 is 2.04 bits per heavy atom. The fourth-order valence-electron chi connectivity index (χ4n) is 2.23. The molecule has 3 aromatic rings. The zero-order chi connectivity index (χ0) is 17.1. The first-order valence-electron chi connectivity index (χ1n) is 7.29. The van der Waals surface area contributed by atoms with E-state index in [1.807, 2.05) is 43.3 Å². The molecule has 0 aliphatic rings. The second-order valence-electron chi connectivity index (χ2n) is 5.20. The van der Waals surface area contributed by atoms with E-state index >= 15 is 0 Å². The SMILES string of the molecule is Cc1nc(-c2ccccc2Cl)sc1CNC(=O)c1cccc(Br)c1. The maximum absolute atomic E-state index is 12.2. The van der Waals surface area contributed by atoms with Gasteiger partial charge in [0.15, 0.2) is 0 Å². The predicted molar refractivity (Wildman–Crippen MR) is 103 cm³/mol. The van der Waals surface area contributed by atoms with Gasteiger partial charge in [0.05, 0.1) is 17.3 Å². The Bertz CT molecular complexity index is 894. The summed E-state index contributed by atoms with van der Waals surface area (Å²) >= 11 is 11.2. The summed E-state index contributed by atoms with van der Waals surface area (Å²) in [6.45, 7) is 2.39. The second-order valence-corrected chi connectivity index (χ2v) is 7.61. The van der Waals surface area contributed by atoms with Crippen molar-refractivity contribution in [3.8, 4) is 10.6 Å². The number of aryl methyl sites for hydroxylation is 1. The number of thiazole rings is 1. The molecular weight excluding hydrogens is 408 g/mol. The molecule has 122 valence electrons. The van der Waals surface area contributed by atoms with Crippen molar-refractivity contribution in [2.45, 2.75) is 13.5 Å². The fraction of sp³-hybridized carbons (Fsp3) is 0.111. The first kappa shape index (κ1) is 17.1. The Balaban J connectivity index is 1.75. The van der Waals surface area contributed by atoms with Crippen LogP contribution in [0.25, 0.3) is 10.6 Å². The van der Waals surface area contributed by atoms with E-state index in [-0.39, 0.29) is 5.91 Å². The van der Waals surface area contributed by atoms with Crippen LogP contribution in [0.3, 0.4) is 0 Å². The molecule has 1 N–H and O–H groups in total. The normalized spacial score (nSPS) is 10.6. The number of amides is 1. The third kappa shape index (κ3) is 3.86. The molecule has 0 saturated heterocycles. The van der Waals surface area contributed by atoms with Crippen LogP contribution in [0.2, 0.25) is 5.02 Å². The average Bonchev–Trinajstić information content (AvgIpc) is 2.93. The molecule has 0 atom stereocenters. The summed E-state index contributed by atoms with van der Waals surface area (Å²) < 4.78 is 0.880. The minimum atomic E-state index is -0.108. The van der Waals surface area contributed by atoms with Gasteiger partial charge >= 0.3 is 0 Å². The Morgan fingerprint density at radius 3 is 2.79 bits per heavy atom. The highest BCUT2D eigenvalue weighted by Gasteiger charge is 2.13. The number of benzene rings is 2. The van der Waals surface area contributed by atoms with Crippen LogP contribution >= 0.6 is 38.9 Å². The number of carbonyl (C=O) groups excluding carboxylic acids is 1. The van der Waals surface area contributed by atoms with Gasteiger partial charge in [0.2, 0.25) is 0 Å². The van der Waals surface area contributed by atoms with Crippen LogP contribution in [0, 0.1) is 6.92 Å².